The Labute approximate surface area is 175 Å². The fraction of sp³-hybridized carbons (Fsp3) is 0. The number of hydrogen-bond donors (Lipinski definition) is 2. The van der Waals surface area contributed by atoms with Gasteiger partial charge in [-0.15, -0.1) is 25.3 Å². The number of halogens is 10. The van der Waals surface area contributed by atoms with E-state index >= 15 is 0 Å². The lowest BCUT2D eigenvalue weighted by molar-refractivity contribution is 0.373. The fourth-order valence-electron chi connectivity index (χ4n) is 2.46. The van der Waals surface area contributed by atoms with E-state index in [1.807, 2.05) is 0 Å². The van der Waals surface area contributed by atoms with E-state index in [4.69, 9.17) is 12.2 Å². The molecule has 0 aliphatic heterocycles. The maximum absolute atomic E-state index is 14.2. The Morgan fingerprint density at radius 1 is 0.433 bits per heavy atom. The van der Waals surface area contributed by atoms with E-state index < -0.39 is 84.4 Å². The van der Waals surface area contributed by atoms with Gasteiger partial charge in [0.25, 0.3) is 0 Å². The summed E-state index contributed by atoms with van der Waals surface area (Å²) in [5.41, 5.74) is -3.42. The van der Waals surface area contributed by atoms with Crippen LogP contribution in [-0.4, -0.2) is 9.13 Å². The first-order chi connectivity index (χ1) is 13.8. The zero-order chi connectivity index (χ0) is 22.8. The van der Waals surface area contributed by atoms with E-state index in [2.05, 4.69) is 25.3 Å². The summed E-state index contributed by atoms with van der Waals surface area (Å²) in [5, 5.41) is -1.68. The molecule has 0 spiro atoms. The molecule has 0 saturated heterocycles. The lowest BCUT2D eigenvalue weighted by Crippen LogP contribution is -2.12. The van der Waals surface area contributed by atoms with Crippen LogP contribution in [0, 0.1) is 62.9 Å². The van der Waals surface area contributed by atoms with Gasteiger partial charge in [0.05, 0.1) is 0 Å². The highest BCUT2D eigenvalue weighted by molar-refractivity contribution is 7.83. The first-order valence-corrected chi connectivity index (χ1v) is 8.44. The van der Waals surface area contributed by atoms with Gasteiger partial charge in [0.15, 0.2) is 51.3 Å². The number of benzene rings is 2. The number of hydrogen-bond acceptors (Lipinski definition) is 3. The van der Waals surface area contributed by atoms with Crippen molar-refractivity contribution in [1.82, 2.24) is 9.13 Å². The molecule has 0 radical (unpaired) electrons. The van der Waals surface area contributed by atoms with Gasteiger partial charge in [-0.05, 0) is 12.2 Å². The van der Waals surface area contributed by atoms with Crippen molar-refractivity contribution in [3.8, 4) is 11.4 Å². The first kappa shape index (κ1) is 22.6. The summed E-state index contributed by atoms with van der Waals surface area (Å²) in [5.74, 6) is -24.2. The van der Waals surface area contributed by atoms with E-state index in [9.17, 15) is 43.9 Å². The molecule has 0 unspecified atom stereocenters. The topological polar surface area (TPSA) is 9.86 Å². The molecule has 2 aromatic carbocycles. The zero-order valence-electron chi connectivity index (χ0n) is 13.5. The number of rotatable bonds is 2. The third-order valence-electron chi connectivity index (χ3n) is 3.83. The Morgan fingerprint density at radius 3 is 0.867 bits per heavy atom. The van der Waals surface area contributed by atoms with Crippen LogP contribution < -0.4 is 0 Å². The lowest BCUT2D eigenvalue weighted by atomic mass is 10.2. The molecule has 160 valence electrons. The Hall–Kier alpha value is -2.13. The van der Waals surface area contributed by atoms with Gasteiger partial charge in [-0.2, -0.15) is 0 Å². The predicted molar refractivity (Wildman–Crippen MR) is 90.0 cm³/mol. The Bertz CT molecular complexity index is 1140. The van der Waals surface area contributed by atoms with Crippen molar-refractivity contribution in [2.45, 2.75) is 10.1 Å². The highest BCUT2D eigenvalue weighted by Crippen LogP contribution is 2.35. The van der Waals surface area contributed by atoms with E-state index in [-0.39, 0.29) is 9.13 Å². The minimum Gasteiger partial charge on any atom is -0.273 e. The summed E-state index contributed by atoms with van der Waals surface area (Å²) >= 11 is 12.2. The standard InChI is InChI=1S/C15H2F10N2S3/c16-1-3(18)7(22)11(8(23)4(1)19)26-13(28)14(29)27(15(26)30)12-9(24)5(20)2(17)6(21)10(12)25/h28-29H. The molecule has 3 aromatic rings. The van der Waals surface area contributed by atoms with Crippen LogP contribution in [0.4, 0.5) is 43.9 Å². The fourth-order valence-corrected chi connectivity index (χ4v) is 3.55. The number of aromatic nitrogens is 2. The van der Waals surface area contributed by atoms with Crippen LogP contribution >= 0.6 is 37.5 Å². The van der Waals surface area contributed by atoms with Gasteiger partial charge < -0.3 is 0 Å². The van der Waals surface area contributed by atoms with Crippen molar-refractivity contribution >= 4 is 37.5 Å². The molecule has 0 atom stereocenters. The molecule has 1 aromatic heterocycles. The molecule has 0 fully saturated rings. The van der Waals surface area contributed by atoms with Crippen molar-refractivity contribution in [3.63, 3.8) is 0 Å². The van der Waals surface area contributed by atoms with Gasteiger partial charge >= 0.3 is 0 Å². The SMILES string of the molecule is Fc1c(F)c(F)c(-n2c(S)c(S)n(-c3c(F)c(F)c(F)c(F)c3F)c2=S)c(F)c1F. The smallest absolute Gasteiger partial charge is 0.200 e. The third-order valence-corrected chi connectivity index (χ3v) is 5.19. The molecule has 2 nitrogen and oxygen atoms in total. The largest absolute Gasteiger partial charge is 0.273 e. The van der Waals surface area contributed by atoms with Gasteiger partial charge in [-0.1, -0.05) is 0 Å². The molecule has 0 aliphatic carbocycles. The van der Waals surface area contributed by atoms with Crippen LogP contribution in [0.15, 0.2) is 10.1 Å². The average molecular weight is 496 g/mol. The molecule has 0 amide bonds. The average Bonchev–Trinajstić information content (AvgIpc) is 2.92. The van der Waals surface area contributed by atoms with E-state index in [1.54, 1.807) is 0 Å². The summed E-state index contributed by atoms with van der Waals surface area (Å²) in [4.78, 5) is 0. The minimum atomic E-state index is -2.51. The normalized spacial score (nSPS) is 11.5. The van der Waals surface area contributed by atoms with Crippen molar-refractivity contribution in [2.75, 3.05) is 0 Å². The van der Waals surface area contributed by atoms with Crippen LogP contribution in [-0.2, 0) is 0 Å². The molecule has 30 heavy (non-hydrogen) atoms. The second-order valence-electron chi connectivity index (χ2n) is 5.44. The second kappa shape index (κ2) is 7.53. The van der Waals surface area contributed by atoms with Gasteiger partial charge in [0, 0.05) is 0 Å². The van der Waals surface area contributed by atoms with Gasteiger partial charge in [0.1, 0.15) is 21.4 Å². The Morgan fingerprint density at radius 2 is 0.633 bits per heavy atom. The van der Waals surface area contributed by atoms with Crippen molar-refractivity contribution in [1.29, 1.82) is 0 Å². The summed E-state index contributed by atoms with van der Waals surface area (Å²) in [6.07, 6.45) is 0. The van der Waals surface area contributed by atoms with Crippen molar-refractivity contribution < 1.29 is 43.9 Å². The second-order valence-corrected chi connectivity index (χ2v) is 6.65. The van der Waals surface area contributed by atoms with Crippen LogP contribution in [0.1, 0.15) is 0 Å². The molecule has 0 saturated carbocycles. The molecular weight excluding hydrogens is 494 g/mol. The maximum atomic E-state index is 14.2. The molecule has 0 bridgehead atoms. The number of imidazole rings is 1. The molecule has 3 rings (SSSR count). The van der Waals surface area contributed by atoms with E-state index in [0.717, 1.165) is 0 Å². The predicted octanol–water partition coefficient (Wildman–Crippen LogP) is 5.97. The van der Waals surface area contributed by atoms with Crippen LogP contribution in [0.3, 0.4) is 0 Å². The van der Waals surface area contributed by atoms with Crippen molar-refractivity contribution in [3.05, 3.63) is 62.9 Å². The van der Waals surface area contributed by atoms with Gasteiger partial charge in [0.2, 0.25) is 11.6 Å². The van der Waals surface area contributed by atoms with Gasteiger partial charge in [-0.25, -0.2) is 43.9 Å². The van der Waals surface area contributed by atoms with E-state index in [1.165, 1.54) is 0 Å². The Balaban J connectivity index is 2.50. The van der Waals surface area contributed by atoms with Gasteiger partial charge in [-0.3, -0.25) is 9.13 Å². The molecular formula is C15H2F10N2S3. The lowest BCUT2D eigenvalue weighted by Gasteiger charge is -2.11. The minimum absolute atomic E-state index is 0.0229. The summed E-state index contributed by atoms with van der Waals surface area (Å²) in [6, 6.07) is 0. The Kier molecular flexibility index (Phi) is 5.66. The van der Waals surface area contributed by atoms with Crippen LogP contribution in [0.25, 0.3) is 11.4 Å². The number of nitrogens with zero attached hydrogens (tertiary/aromatic N) is 2. The third kappa shape index (κ3) is 2.93. The number of thiol groups is 2. The van der Waals surface area contributed by atoms with Crippen LogP contribution in [0.2, 0.25) is 0 Å². The highest BCUT2D eigenvalue weighted by Gasteiger charge is 2.33. The molecule has 0 N–H and O–H groups in total. The zero-order valence-corrected chi connectivity index (χ0v) is 16.1. The molecule has 0 aliphatic rings. The van der Waals surface area contributed by atoms with Crippen molar-refractivity contribution in [2.24, 2.45) is 0 Å². The maximum Gasteiger partial charge on any atom is 0.200 e. The quantitative estimate of drug-likeness (QED) is 0.146. The highest BCUT2D eigenvalue weighted by atomic mass is 32.1. The van der Waals surface area contributed by atoms with E-state index in [0.29, 0.717) is 0 Å². The summed E-state index contributed by atoms with van der Waals surface area (Å²) in [6.45, 7) is 0. The molecule has 15 heteroatoms. The molecule has 1 heterocycles. The first-order valence-electron chi connectivity index (χ1n) is 7.13. The summed E-state index contributed by atoms with van der Waals surface area (Å²) in [7, 11) is 0. The summed E-state index contributed by atoms with van der Waals surface area (Å²) < 4.78 is 136. The monoisotopic (exact) mass is 496 g/mol. The van der Waals surface area contributed by atoms with Crippen LogP contribution in [0.5, 0.6) is 0 Å².